The van der Waals surface area contributed by atoms with Crippen LogP contribution in [0.25, 0.3) is 5.82 Å². The molecule has 0 saturated carbocycles. The van der Waals surface area contributed by atoms with Gasteiger partial charge in [0.25, 0.3) is 6.43 Å². The largest absolute Gasteiger partial charge is 0.353 e. The standard InChI is InChI=1S/C22H25F2N7O/c1-14-12-15(2)31(28-14)20-13-19(30-10-8-29(9-11-30)16(3)32)26-22(27-20)25-18-6-4-17(5-7-18)21(23)24/h4-7,12-13,21H,8-11H2,1-3H3,(H,25,26,27). The van der Waals surface area contributed by atoms with Gasteiger partial charge >= 0.3 is 0 Å². The fourth-order valence-corrected chi connectivity index (χ4v) is 3.70. The molecular formula is C22H25F2N7O. The number of nitrogens with zero attached hydrogens (tertiary/aromatic N) is 6. The quantitative estimate of drug-likeness (QED) is 0.652. The van der Waals surface area contributed by atoms with Crippen LogP contribution in [-0.4, -0.2) is 56.7 Å². The number of carbonyl (C=O) groups excluding carboxylic acids is 1. The van der Waals surface area contributed by atoms with Gasteiger partial charge in [-0.1, -0.05) is 12.1 Å². The van der Waals surface area contributed by atoms with Gasteiger partial charge in [-0.3, -0.25) is 4.79 Å². The van der Waals surface area contributed by atoms with Crippen LogP contribution in [0.1, 0.15) is 30.3 Å². The predicted octanol–water partition coefficient (Wildman–Crippen LogP) is 3.63. The van der Waals surface area contributed by atoms with E-state index in [9.17, 15) is 13.6 Å². The molecule has 1 aliphatic rings. The number of aromatic nitrogens is 4. The first-order chi connectivity index (χ1) is 15.3. The Morgan fingerprint density at radius 2 is 1.66 bits per heavy atom. The summed E-state index contributed by atoms with van der Waals surface area (Å²) in [7, 11) is 0. The van der Waals surface area contributed by atoms with Crippen molar-refractivity contribution < 1.29 is 13.6 Å². The summed E-state index contributed by atoms with van der Waals surface area (Å²) in [6, 6.07) is 9.73. The Morgan fingerprint density at radius 3 is 2.22 bits per heavy atom. The third-order valence-electron chi connectivity index (χ3n) is 5.39. The number of piperazine rings is 1. The van der Waals surface area contributed by atoms with Crippen molar-refractivity contribution in [2.45, 2.75) is 27.2 Å². The van der Waals surface area contributed by atoms with Crippen molar-refractivity contribution in [1.29, 1.82) is 0 Å². The maximum absolute atomic E-state index is 12.9. The van der Waals surface area contributed by atoms with Gasteiger partial charge in [-0.15, -0.1) is 0 Å². The highest BCUT2D eigenvalue weighted by atomic mass is 19.3. The van der Waals surface area contributed by atoms with Crippen molar-refractivity contribution in [3.63, 3.8) is 0 Å². The zero-order valence-corrected chi connectivity index (χ0v) is 18.2. The van der Waals surface area contributed by atoms with Crippen molar-refractivity contribution in [2.75, 3.05) is 36.4 Å². The predicted molar refractivity (Wildman–Crippen MR) is 118 cm³/mol. The number of alkyl halides is 2. The Bertz CT molecular complexity index is 1110. The summed E-state index contributed by atoms with van der Waals surface area (Å²) in [5.74, 6) is 1.70. The summed E-state index contributed by atoms with van der Waals surface area (Å²) in [6.07, 6.45) is -2.52. The first-order valence-electron chi connectivity index (χ1n) is 10.4. The second kappa shape index (κ2) is 8.89. The summed E-state index contributed by atoms with van der Waals surface area (Å²) in [5, 5.41) is 7.64. The zero-order valence-electron chi connectivity index (χ0n) is 18.2. The molecule has 2 aromatic heterocycles. The van der Waals surface area contributed by atoms with Crippen molar-refractivity contribution in [3.8, 4) is 5.82 Å². The molecule has 0 radical (unpaired) electrons. The molecule has 1 fully saturated rings. The molecule has 0 unspecified atom stereocenters. The van der Waals surface area contributed by atoms with E-state index in [-0.39, 0.29) is 11.5 Å². The molecule has 1 aromatic carbocycles. The Morgan fingerprint density at radius 1 is 1.00 bits per heavy atom. The molecule has 1 N–H and O–H groups in total. The van der Waals surface area contributed by atoms with E-state index >= 15 is 0 Å². The molecule has 3 heterocycles. The molecule has 1 amide bonds. The minimum atomic E-state index is -2.52. The highest BCUT2D eigenvalue weighted by molar-refractivity contribution is 5.73. The van der Waals surface area contributed by atoms with Crippen LogP contribution in [0.15, 0.2) is 36.4 Å². The number of aryl methyl sites for hydroxylation is 2. The van der Waals surface area contributed by atoms with Crippen molar-refractivity contribution in [3.05, 3.63) is 53.3 Å². The molecule has 3 aromatic rings. The van der Waals surface area contributed by atoms with Gasteiger partial charge in [-0.05, 0) is 32.0 Å². The van der Waals surface area contributed by atoms with Gasteiger partial charge < -0.3 is 15.1 Å². The van der Waals surface area contributed by atoms with Gasteiger partial charge in [-0.25, -0.2) is 13.5 Å². The van der Waals surface area contributed by atoms with E-state index in [4.69, 9.17) is 0 Å². The van der Waals surface area contributed by atoms with E-state index in [1.807, 2.05) is 30.9 Å². The molecule has 1 saturated heterocycles. The van der Waals surface area contributed by atoms with Crippen LogP contribution in [0.4, 0.5) is 26.2 Å². The lowest BCUT2D eigenvalue weighted by atomic mass is 10.2. The van der Waals surface area contributed by atoms with E-state index in [2.05, 4.69) is 25.3 Å². The molecule has 8 nitrogen and oxygen atoms in total. The van der Waals surface area contributed by atoms with Gasteiger partial charge in [0.15, 0.2) is 5.82 Å². The lowest BCUT2D eigenvalue weighted by molar-refractivity contribution is -0.129. The molecule has 0 spiro atoms. The fourth-order valence-electron chi connectivity index (χ4n) is 3.70. The number of anilines is 3. The second-order valence-corrected chi connectivity index (χ2v) is 7.79. The molecular weight excluding hydrogens is 416 g/mol. The van der Waals surface area contributed by atoms with Crippen LogP contribution in [-0.2, 0) is 4.79 Å². The Balaban J connectivity index is 1.66. The van der Waals surface area contributed by atoms with E-state index in [0.29, 0.717) is 49.5 Å². The van der Waals surface area contributed by atoms with Crippen LogP contribution < -0.4 is 10.2 Å². The monoisotopic (exact) mass is 441 g/mol. The third kappa shape index (κ3) is 4.68. The normalized spacial score (nSPS) is 14.2. The van der Waals surface area contributed by atoms with Crippen LogP contribution in [0.5, 0.6) is 0 Å². The summed E-state index contributed by atoms with van der Waals surface area (Å²) in [5.41, 5.74) is 2.36. The average molecular weight is 441 g/mol. The molecule has 10 heteroatoms. The van der Waals surface area contributed by atoms with Gasteiger partial charge in [0, 0.05) is 56.1 Å². The van der Waals surface area contributed by atoms with Crippen LogP contribution >= 0.6 is 0 Å². The van der Waals surface area contributed by atoms with Crippen LogP contribution in [0.2, 0.25) is 0 Å². The van der Waals surface area contributed by atoms with E-state index in [0.717, 1.165) is 11.4 Å². The summed E-state index contributed by atoms with van der Waals surface area (Å²) >= 11 is 0. The number of amides is 1. The summed E-state index contributed by atoms with van der Waals surface area (Å²) < 4.78 is 27.5. The van der Waals surface area contributed by atoms with Crippen LogP contribution in [0.3, 0.4) is 0 Å². The molecule has 4 rings (SSSR count). The second-order valence-electron chi connectivity index (χ2n) is 7.79. The molecule has 0 aliphatic carbocycles. The number of benzene rings is 1. The number of carbonyl (C=O) groups is 1. The first-order valence-corrected chi connectivity index (χ1v) is 10.4. The third-order valence-corrected chi connectivity index (χ3v) is 5.39. The molecule has 1 aliphatic heterocycles. The summed E-state index contributed by atoms with van der Waals surface area (Å²) in [4.78, 5) is 24.8. The smallest absolute Gasteiger partial charge is 0.263 e. The fraction of sp³-hybridized carbons (Fsp3) is 0.364. The number of halogens is 2. The minimum Gasteiger partial charge on any atom is -0.353 e. The van der Waals surface area contributed by atoms with Crippen LogP contribution in [0, 0.1) is 13.8 Å². The maximum atomic E-state index is 12.9. The number of rotatable bonds is 5. The average Bonchev–Trinajstić information content (AvgIpc) is 3.12. The lowest BCUT2D eigenvalue weighted by Crippen LogP contribution is -2.48. The molecule has 32 heavy (non-hydrogen) atoms. The topological polar surface area (TPSA) is 79.2 Å². The minimum absolute atomic E-state index is 0.0445. The number of hydrogen-bond donors (Lipinski definition) is 1. The molecule has 0 atom stereocenters. The van der Waals surface area contributed by atoms with Gasteiger partial charge in [0.05, 0.1) is 5.69 Å². The summed E-state index contributed by atoms with van der Waals surface area (Å²) in [6.45, 7) is 7.96. The molecule has 168 valence electrons. The van der Waals surface area contributed by atoms with E-state index < -0.39 is 6.43 Å². The number of nitrogens with one attached hydrogen (secondary N) is 1. The van der Waals surface area contributed by atoms with Crippen molar-refractivity contribution in [1.82, 2.24) is 24.6 Å². The molecule has 0 bridgehead atoms. The Kier molecular flexibility index (Phi) is 6.02. The lowest BCUT2D eigenvalue weighted by Gasteiger charge is -2.35. The highest BCUT2D eigenvalue weighted by Gasteiger charge is 2.21. The number of hydrogen-bond acceptors (Lipinski definition) is 6. The SMILES string of the molecule is CC(=O)N1CCN(c2cc(-n3nc(C)cc3C)nc(Nc3ccc(C(F)F)cc3)n2)CC1. The van der Waals surface area contributed by atoms with Crippen molar-refractivity contribution >= 4 is 23.4 Å². The Labute approximate surface area is 184 Å². The van der Waals surface area contributed by atoms with E-state index in [1.165, 1.54) is 12.1 Å². The van der Waals surface area contributed by atoms with Gasteiger partial charge in [-0.2, -0.15) is 15.1 Å². The zero-order chi connectivity index (χ0) is 22.8. The van der Waals surface area contributed by atoms with Crippen molar-refractivity contribution in [2.24, 2.45) is 0 Å². The highest BCUT2D eigenvalue weighted by Crippen LogP contribution is 2.24. The first kappa shape index (κ1) is 21.7. The maximum Gasteiger partial charge on any atom is 0.263 e. The van der Waals surface area contributed by atoms with E-state index in [1.54, 1.807) is 23.7 Å². The Hall–Kier alpha value is -3.56. The van der Waals surface area contributed by atoms with Gasteiger partial charge in [0.2, 0.25) is 11.9 Å². The van der Waals surface area contributed by atoms with Gasteiger partial charge in [0.1, 0.15) is 5.82 Å².